The Balaban J connectivity index is 1.13. The normalized spacial score (nSPS) is 22.3. The van der Waals surface area contributed by atoms with Crippen molar-refractivity contribution in [1.82, 2.24) is 14.7 Å². The molecule has 3 aliphatic rings. The van der Waals surface area contributed by atoms with Crippen molar-refractivity contribution in [3.63, 3.8) is 0 Å². The van der Waals surface area contributed by atoms with Crippen molar-refractivity contribution in [2.75, 3.05) is 52.5 Å². The number of benzene rings is 2. The van der Waals surface area contributed by atoms with E-state index in [0.717, 1.165) is 82.2 Å². The summed E-state index contributed by atoms with van der Waals surface area (Å²) in [5.41, 5.74) is 3.23. The number of hydrogen-bond donors (Lipinski definition) is 0. The summed E-state index contributed by atoms with van der Waals surface area (Å²) < 4.78 is 50.1. The first kappa shape index (κ1) is 27.0. The summed E-state index contributed by atoms with van der Waals surface area (Å²) in [5, 5.41) is 0. The largest absolute Gasteiger partial charge is 0.493 e. The first-order valence-corrected chi connectivity index (χ1v) is 13.4. The third kappa shape index (κ3) is 5.84. The molecular formula is C29H36F3N3O3. The number of ether oxygens (including phenoxy) is 2. The average molecular weight is 532 g/mol. The van der Waals surface area contributed by atoms with Crippen molar-refractivity contribution >= 4 is 5.91 Å². The monoisotopic (exact) mass is 531 g/mol. The molecule has 3 aliphatic heterocycles. The predicted molar refractivity (Wildman–Crippen MR) is 138 cm³/mol. The van der Waals surface area contributed by atoms with Crippen molar-refractivity contribution in [1.29, 1.82) is 0 Å². The molecule has 2 aromatic carbocycles. The van der Waals surface area contributed by atoms with Gasteiger partial charge in [0.25, 0.3) is 5.91 Å². The van der Waals surface area contributed by atoms with E-state index in [1.54, 1.807) is 0 Å². The highest BCUT2D eigenvalue weighted by Gasteiger charge is 2.45. The van der Waals surface area contributed by atoms with E-state index in [2.05, 4.69) is 35.8 Å². The molecule has 3 heterocycles. The van der Waals surface area contributed by atoms with Crippen LogP contribution in [0.2, 0.25) is 0 Å². The number of morpholine rings is 1. The lowest BCUT2D eigenvalue weighted by atomic mass is 10.0. The van der Waals surface area contributed by atoms with E-state index in [0.29, 0.717) is 18.7 Å². The molecule has 2 atom stereocenters. The van der Waals surface area contributed by atoms with Crippen molar-refractivity contribution < 1.29 is 27.4 Å². The van der Waals surface area contributed by atoms with Crippen molar-refractivity contribution in [2.45, 2.75) is 51.5 Å². The Morgan fingerprint density at radius 3 is 2.39 bits per heavy atom. The quantitative estimate of drug-likeness (QED) is 0.469. The Morgan fingerprint density at radius 2 is 1.74 bits per heavy atom. The number of alkyl halides is 3. The summed E-state index contributed by atoms with van der Waals surface area (Å²) in [6, 6.07) is 9.10. The standard InChI is InChI=1S/C29H36F3N3O3/c1-20-21(2)27(38-13-3-10-33-11-14-37-15-12-33)9-6-23(20)17-34-18-26-16-25(34)19-35(26)28(36)22-4-7-24(8-5-22)29(30,31)32/h4-9,25-26H,3,10-19H2,1-2H3/t25-,26-/m1/s1. The summed E-state index contributed by atoms with van der Waals surface area (Å²) in [6.45, 7) is 11.8. The summed E-state index contributed by atoms with van der Waals surface area (Å²) in [5.74, 6) is 0.748. The second-order valence-electron chi connectivity index (χ2n) is 10.6. The van der Waals surface area contributed by atoms with Gasteiger partial charge >= 0.3 is 6.18 Å². The van der Waals surface area contributed by atoms with Gasteiger partial charge in [0, 0.05) is 56.9 Å². The number of halogens is 3. The molecule has 38 heavy (non-hydrogen) atoms. The third-order valence-corrected chi connectivity index (χ3v) is 8.28. The van der Waals surface area contributed by atoms with E-state index < -0.39 is 11.7 Å². The van der Waals surface area contributed by atoms with Crippen LogP contribution < -0.4 is 4.74 Å². The molecule has 0 N–H and O–H groups in total. The van der Waals surface area contributed by atoms with Gasteiger partial charge in [0.2, 0.25) is 0 Å². The van der Waals surface area contributed by atoms with Gasteiger partial charge in [-0.25, -0.2) is 0 Å². The molecule has 2 aromatic rings. The number of fused-ring (bicyclic) bond motifs is 2. The average Bonchev–Trinajstić information content (AvgIpc) is 3.51. The lowest BCUT2D eigenvalue weighted by molar-refractivity contribution is -0.137. The Hall–Kier alpha value is -2.62. The van der Waals surface area contributed by atoms with Crippen LogP contribution in [0.5, 0.6) is 5.75 Å². The van der Waals surface area contributed by atoms with Crippen LogP contribution in [-0.2, 0) is 17.5 Å². The fraction of sp³-hybridized carbons (Fsp3) is 0.552. The van der Waals surface area contributed by atoms with Crippen molar-refractivity contribution in [3.05, 3.63) is 64.2 Å². The van der Waals surface area contributed by atoms with E-state index in [1.165, 1.54) is 23.3 Å². The molecule has 0 aliphatic carbocycles. The van der Waals surface area contributed by atoms with E-state index in [4.69, 9.17) is 9.47 Å². The van der Waals surface area contributed by atoms with E-state index >= 15 is 0 Å². The zero-order valence-corrected chi connectivity index (χ0v) is 22.1. The lowest BCUT2D eigenvalue weighted by Gasteiger charge is -2.34. The Bertz CT molecular complexity index is 1130. The van der Waals surface area contributed by atoms with Gasteiger partial charge in [-0.2, -0.15) is 13.2 Å². The van der Waals surface area contributed by atoms with Crippen molar-refractivity contribution in [3.8, 4) is 5.75 Å². The highest BCUT2D eigenvalue weighted by Crippen LogP contribution is 2.35. The fourth-order valence-corrected chi connectivity index (χ4v) is 5.85. The molecule has 2 bridgehead atoms. The molecule has 0 spiro atoms. The van der Waals surface area contributed by atoms with Crippen LogP contribution >= 0.6 is 0 Å². The van der Waals surface area contributed by atoms with Crippen LogP contribution in [-0.4, -0.2) is 85.2 Å². The Kier molecular flexibility index (Phi) is 7.98. The van der Waals surface area contributed by atoms with Gasteiger partial charge in [-0.05, 0) is 73.7 Å². The van der Waals surface area contributed by atoms with Crippen LogP contribution in [0, 0.1) is 13.8 Å². The Labute approximate surface area is 222 Å². The number of likely N-dealkylation sites (tertiary alicyclic amines) is 2. The van der Waals surface area contributed by atoms with Crippen LogP contribution in [0.1, 0.15) is 45.5 Å². The highest BCUT2D eigenvalue weighted by atomic mass is 19.4. The minimum absolute atomic E-state index is 0.0882. The maximum absolute atomic E-state index is 13.0. The first-order chi connectivity index (χ1) is 18.2. The molecule has 0 saturated carbocycles. The lowest BCUT2D eigenvalue weighted by Crippen LogP contribution is -2.48. The molecule has 1 amide bonds. The summed E-state index contributed by atoms with van der Waals surface area (Å²) in [7, 11) is 0. The van der Waals surface area contributed by atoms with E-state index in [1.807, 2.05) is 4.90 Å². The van der Waals surface area contributed by atoms with Crippen LogP contribution in [0.4, 0.5) is 13.2 Å². The van der Waals surface area contributed by atoms with Crippen LogP contribution in [0.3, 0.4) is 0 Å². The first-order valence-electron chi connectivity index (χ1n) is 13.4. The molecule has 206 valence electrons. The number of rotatable bonds is 8. The zero-order chi connectivity index (χ0) is 26.9. The van der Waals surface area contributed by atoms with E-state index in [9.17, 15) is 18.0 Å². The zero-order valence-electron chi connectivity index (χ0n) is 22.1. The minimum Gasteiger partial charge on any atom is -0.493 e. The maximum atomic E-state index is 13.0. The predicted octanol–water partition coefficient (Wildman–Crippen LogP) is 4.52. The number of carbonyl (C=O) groups is 1. The van der Waals surface area contributed by atoms with Gasteiger partial charge in [-0.15, -0.1) is 0 Å². The second-order valence-corrected chi connectivity index (χ2v) is 10.6. The number of piperazine rings is 1. The smallest absolute Gasteiger partial charge is 0.416 e. The van der Waals surface area contributed by atoms with Gasteiger partial charge in [0.15, 0.2) is 0 Å². The number of amides is 1. The summed E-state index contributed by atoms with van der Waals surface area (Å²) in [6.07, 6.45) is -2.52. The van der Waals surface area contributed by atoms with Gasteiger partial charge < -0.3 is 14.4 Å². The molecule has 3 saturated heterocycles. The minimum atomic E-state index is -4.40. The van der Waals surface area contributed by atoms with Gasteiger partial charge in [0.1, 0.15) is 5.75 Å². The molecule has 0 aromatic heterocycles. The molecule has 5 rings (SSSR count). The number of nitrogens with zero attached hydrogens (tertiary/aromatic N) is 3. The highest BCUT2D eigenvalue weighted by molar-refractivity contribution is 5.94. The molecular weight excluding hydrogens is 495 g/mol. The van der Waals surface area contributed by atoms with Crippen LogP contribution in [0.15, 0.2) is 36.4 Å². The maximum Gasteiger partial charge on any atom is 0.416 e. The molecule has 3 fully saturated rings. The molecule has 0 radical (unpaired) electrons. The second kappa shape index (κ2) is 11.2. The van der Waals surface area contributed by atoms with Gasteiger partial charge in [-0.1, -0.05) is 6.07 Å². The van der Waals surface area contributed by atoms with Gasteiger partial charge in [-0.3, -0.25) is 14.6 Å². The molecule has 0 unspecified atom stereocenters. The fourth-order valence-electron chi connectivity index (χ4n) is 5.85. The third-order valence-electron chi connectivity index (χ3n) is 8.28. The van der Waals surface area contributed by atoms with Gasteiger partial charge in [0.05, 0.1) is 25.4 Å². The SMILES string of the molecule is Cc1c(CN2C[C@H]3C[C@@H]2CN3C(=O)c2ccc(C(F)(F)F)cc2)ccc(OCCCN2CCOCC2)c1C. The van der Waals surface area contributed by atoms with Crippen LogP contribution in [0.25, 0.3) is 0 Å². The van der Waals surface area contributed by atoms with E-state index in [-0.39, 0.29) is 18.0 Å². The molecule has 6 nitrogen and oxygen atoms in total. The molecule has 9 heteroatoms. The number of carbonyl (C=O) groups excluding carboxylic acids is 1. The topological polar surface area (TPSA) is 45.2 Å². The number of hydrogen-bond acceptors (Lipinski definition) is 5. The Morgan fingerprint density at radius 1 is 1.00 bits per heavy atom. The van der Waals surface area contributed by atoms with Crippen molar-refractivity contribution in [2.24, 2.45) is 0 Å². The summed E-state index contributed by atoms with van der Waals surface area (Å²) in [4.78, 5) is 19.7. The summed E-state index contributed by atoms with van der Waals surface area (Å²) >= 11 is 0.